The molecule has 0 bridgehead atoms. The number of unbranched alkanes of at least 4 members (excludes halogenated alkanes) is 1. The second kappa shape index (κ2) is 11.2. The minimum atomic E-state index is 0.00182. The molecule has 174 valence electrons. The minimum Gasteiger partial charge on any atom is -0.352 e. The van der Waals surface area contributed by atoms with Crippen LogP contribution >= 0.6 is 22.9 Å². The highest BCUT2D eigenvalue weighted by atomic mass is 35.5. The molecule has 1 aliphatic rings. The summed E-state index contributed by atoms with van der Waals surface area (Å²) in [6, 6.07) is 9.79. The van der Waals surface area contributed by atoms with Crippen LogP contribution in [0.2, 0.25) is 5.02 Å². The second-order valence-corrected chi connectivity index (χ2v) is 9.93. The molecule has 0 atom stereocenters. The lowest BCUT2D eigenvalue weighted by atomic mass is 9.97. The van der Waals surface area contributed by atoms with Crippen LogP contribution in [0.15, 0.2) is 47.4 Å². The van der Waals surface area contributed by atoms with E-state index in [0.29, 0.717) is 11.6 Å². The molecule has 0 aliphatic heterocycles. The Morgan fingerprint density at radius 2 is 2.12 bits per heavy atom. The number of carbonyl (C=O) groups excluding carboxylic acids is 1. The number of carbonyl (C=O) groups is 1. The number of rotatable bonds is 9. The van der Waals surface area contributed by atoms with Crippen molar-refractivity contribution in [3.8, 4) is 22.0 Å². The number of benzene rings is 1. The van der Waals surface area contributed by atoms with Crippen LogP contribution in [0.1, 0.15) is 67.9 Å². The topological polar surface area (TPSA) is 46.9 Å². The molecule has 3 aromatic rings. The Balaban J connectivity index is 1.56. The summed E-state index contributed by atoms with van der Waals surface area (Å²) in [6.07, 6.45) is 10.3. The molecule has 4 nitrogen and oxygen atoms in total. The number of aromatic nitrogens is 2. The molecule has 1 amide bonds. The van der Waals surface area contributed by atoms with Gasteiger partial charge < -0.3 is 9.88 Å². The maximum absolute atomic E-state index is 13.1. The van der Waals surface area contributed by atoms with E-state index in [2.05, 4.69) is 28.3 Å². The van der Waals surface area contributed by atoms with Gasteiger partial charge in [-0.3, -0.25) is 4.79 Å². The van der Waals surface area contributed by atoms with Gasteiger partial charge in [0.1, 0.15) is 5.01 Å². The Bertz CT molecular complexity index is 1140. The summed E-state index contributed by atoms with van der Waals surface area (Å²) in [6.45, 7) is 5.78. The molecule has 0 saturated heterocycles. The lowest BCUT2D eigenvalue weighted by Crippen LogP contribution is -2.25. The third-order valence-electron chi connectivity index (χ3n) is 6.33. The zero-order chi connectivity index (χ0) is 23.2. The minimum absolute atomic E-state index is 0.00182. The Kier molecular flexibility index (Phi) is 8.05. The van der Waals surface area contributed by atoms with Crippen molar-refractivity contribution in [2.75, 3.05) is 6.54 Å². The van der Waals surface area contributed by atoms with E-state index in [1.807, 2.05) is 37.3 Å². The van der Waals surface area contributed by atoms with Gasteiger partial charge in [-0.05, 0) is 57.6 Å². The highest BCUT2D eigenvalue weighted by Gasteiger charge is 2.20. The van der Waals surface area contributed by atoms with E-state index in [1.54, 1.807) is 11.3 Å². The highest BCUT2D eigenvalue weighted by Crippen LogP contribution is 2.34. The first kappa shape index (κ1) is 23.8. The van der Waals surface area contributed by atoms with Crippen LogP contribution in [0.4, 0.5) is 0 Å². The van der Waals surface area contributed by atoms with E-state index < -0.39 is 0 Å². The predicted molar refractivity (Wildman–Crippen MR) is 139 cm³/mol. The zero-order valence-electron chi connectivity index (χ0n) is 19.5. The monoisotopic (exact) mass is 481 g/mol. The second-order valence-electron chi connectivity index (χ2n) is 8.67. The molecular formula is C27H32ClN3OS. The SMILES string of the molecule is CCCCn1c(-c2csc(-c3ccccc3Cl)n2)cc(C(=O)NCCC2=CCCCC2)c1C. The maximum Gasteiger partial charge on any atom is 0.253 e. The van der Waals surface area contributed by atoms with Crippen molar-refractivity contribution in [2.24, 2.45) is 0 Å². The van der Waals surface area contributed by atoms with Crippen LogP contribution in [0.25, 0.3) is 22.0 Å². The van der Waals surface area contributed by atoms with Crippen molar-refractivity contribution in [3.05, 3.63) is 63.6 Å². The lowest BCUT2D eigenvalue weighted by Gasteiger charge is -2.13. The van der Waals surface area contributed by atoms with Crippen LogP contribution in [-0.2, 0) is 6.54 Å². The van der Waals surface area contributed by atoms with Gasteiger partial charge in [-0.15, -0.1) is 11.3 Å². The van der Waals surface area contributed by atoms with Crippen LogP contribution < -0.4 is 5.32 Å². The van der Waals surface area contributed by atoms with E-state index in [1.165, 1.54) is 31.3 Å². The fraction of sp³-hybridized carbons (Fsp3) is 0.407. The summed E-state index contributed by atoms with van der Waals surface area (Å²) in [5.74, 6) is 0.00182. The molecule has 2 heterocycles. The molecule has 2 aromatic heterocycles. The number of hydrogen-bond donors (Lipinski definition) is 1. The molecule has 6 heteroatoms. The number of halogens is 1. The van der Waals surface area contributed by atoms with Gasteiger partial charge in [0, 0.05) is 29.7 Å². The molecule has 1 aromatic carbocycles. The molecule has 0 fully saturated rings. The normalized spacial score (nSPS) is 13.7. The summed E-state index contributed by atoms with van der Waals surface area (Å²) >= 11 is 7.98. The van der Waals surface area contributed by atoms with Crippen LogP contribution in [0, 0.1) is 6.92 Å². The van der Waals surface area contributed by atoms with Crippen LogP contribution in [0.5, 0.6) is 0 Å². The smallest absolute Gasteiger partial charge is 0.253 e. The van der Waals surface area contributed by atoms with Crippen molar-refractivity contribution in [2.45, 2.75) is 65.3 Å². The molecular weight excluding hydrogens is 450 g/mol. The Hall–Kier alpha value is -2.37. The first-order valence-electron chi connectivity index (χ1n) is 12.0. The number of thiazole rings is 1. The Morgan fingerprint density at radius 3 is 2.88 bits per heavy atom. The van der Waals surface area contributed by atoms with E-state index in [-0.39, 0.29) is 5.91 Å². The van der Waals surface area contributed by atoms with Gasteiger partial charge in [-0.25, -0.2) is 4.98 Å². The van der Waals surface area contributed by atoms with Crippen LogP contribution in [0.3, 0.4) is 0 Å². The zero-order valence-corrected chi connectivity index (χ0v) is 21.1. The number of allylic oxidation sites excluding steroid dienone is 1. The molecule has 1 aliphatic carbocycles. The van der Waals surface area contributed by atoms with E-state index in [9.17, 15) is 4.79 Å². The molecule has 0 spiro atoms. The summed E-state index contributed by atoms with van der Waals surface area (Å²) in [5.41, 5.74) is 6.05. The largest absolute Gasteiger partial charge is 0.352 e. The van der Waals surface area contributed by atoms with Gasteiger partial charge in [0.15, 0.2) is 0 Å². The van der Waals surface area contributed by atoms with Crippen LogP contribution in [-0.4, -0.2) is 22.0 Å². The standard InChI is InChI=1S/C27H32ClN3OS/c1-3-4-16-31-19(2)22(26(32)29-15-14-20-10-6-5-7-11-20)17-25(31)24-18-33-27(30-24)21-12-8-9-13-23(21)28/h8-10,12-13,17-18H,3-7,11,14-16H2,1-2H3,(H,29,32). The highest BCUT2D eigenvalue weighted by molar-refractivity contribution is 7.13. The lowest BCUT2D eigenvalue weighted by molar-refractivity contribution is 0.0953. The summed E-state index contributed by atoms with van der Waals surface area (Å²) in [5, 5.41) is 6.80. The number of nitrogens with one attached hydrogen (secondary N) is 1. The fourth-order valence-corrected chi connectivity index (χ4v) is 5.54. The average Bonchev–Trinajstić information content (AvgIpc) is 3.43. The van der Waals surface area contributed by atoms with Gasteiger partial charge >= 0.3 is 0 Å². The van der Waals surface area contributed by atoms with Gasteiger partial charge in [0.25, 0.3) is 5.91 Å². The van der Waals surface area contributed by atoms with Crippen molar-refractivity contribution in [3.63, 3.8) is 0 Å². The predicted octanol–water partition coefficient (Wildman–Crippen LogP) is 7.66. The van der Waals surface area contributed by atoms with Crippen molar-refractivity contribution < 1.29 is 4.79 Å². The maximum atomic E-state index is 13.1. The summed E-state index contributed by atoms with van der Waals surface area (Å²) < 4.78 is 2.24. The van der Waals surface area contributed by atoms with Gasteiger partial charge in [-0.2, -0.15) is 0 Å². The fourth-order valence-electron chi connectivity index (χ4n) is 4.40. The summed E-state index contributed by atoms with van der Waals surface area (Å²) in [4.78, 5) is 18.0. The molecule has 0 unspecified atom stereocenters. The summed E-state index contributed by atoms with van der Waals surface area (Å²) in [7, 11) is 0. The van der Waals surface area contributed by atoms with Crippen molar-refractivity contribution >= 4 is 28.8 Å². The molecule has 0 radical (unpaired) electrons. The number of nitrogens with zero attached hydrogens (tertiary/aromatic N) is 2. The average molecular weight is 482 g/mol. The Morgan fingerprint density at radius 1 is 1.27 bits per heavy atom. The third kappa shape index (κ3) is 5.59. The molecule has 0 saturated carbocycles. The molecule has 1 N–H and O–H groups in total. The number of hydrogen-bond acceptors (Lipinski definition) is 3. The van der Waals surface area contributed by atoms with Crippen molar-refractivity contribution in [1.82, 2.24) is 14.9 Å². The third-order valence-corrected chi connectivity index (χ3v) is 7.54. The van der Waals surface area contributed by atoms with E-state index >= 15 is 0 Å². The van der Waals surface area contributed by atoms with Gasteiger partial charge in [0.05, 0.1) is 22.0 Å². The first-order chi connectivity index (χ1) is 16.1. The Labute approximate surface area is 205 Å². The molecule has 4 rings (SSSR count). The van der Waals surface area contributed by atoms with Gasteiger partial charge in [-0.1, -0.05) is 54.8 Å². The number of amides is 1. The molecule has 33 heavy (non-hydrogen) atoms. The first-order valence-corrected chi connectivity index (χ1v) is 13.2. The van der Waals surface area contributed by atoms with Gasteiger partial charge in [0.2, 0.25) is 0 Å². The van der Waals surface area contributed by atoms with E-state index in [0.717, 1.165) is 59.0 Å². The quantitative estimate of drug-likeness (QED) is 0.319. The van der Waals surface area contributed by atoms with Crippen molar-refractivity contribution in [1.29, 1.82) is 0 Å². The van der Waals surface area contributed by atoms with E-state index in [4.69, 9.17) is 16.6 Å².